The lowest BCUT2D eigenvalue weighted by Gasteiger charge is -2.36. The minimum Gasteiger partial charge on any atom is -0.497 e. The van der Waals surface area contributed by atoms with E-state index in [9.17, 15) is 9.59 Å². The minimum absolute atomic E-state index is 0.00953. The largest absolute Gasteiger partial charge is 0.497 e. The highest BCUT2D eigenvalue weighted by atomic mass is 16.5. The van der Waals surface area contributed by atoms with Crippen LogP contribution in [0.2, 0.25) is 0 Å². The summed E-state index contributed by atoms with van der Waals surface area (Å²) < 4.78 is 10.4. The van der Waals surface area contributed by atoms with Gasteiger partial charge in [-0.15, -0.1) is 0 Å². The third-order valence-electron chi connectivity index (χ3n) is 5.04. The number of Topliss-reactive ketones (excluding diaryl/α,β-unsaturated/α-hetero) is 1. The van der Waals surface area contributed by atoms with Gasteiger partial charge in [-0.05, 0) is 25.7 Å². The second kappa shape index (κ2) is 6.60. The van der Waals surface area contributed by atoms with Gasteiger partial charge in [0.1, 0.15) is 17.3 Å². The number of hydrogen-bond acceptors (Lipinski definition) is 4. The number of ether oxygens (including phenoxy) is 2. The lowest BCUT2D eigenvalue weighted by molar-refractivity contribution is -0.136. The fourth-order valence-electron chi connectivity index (χ4n) is 3.82. The quantitative estimate of drug-likeness (QED) is 0.927. The van der Waals surface area contributed by atoms with Crippen molar-refractivity contribution in [3.05, 3.63) is 18.2 Å². The first-order valence-corrected chi connectivity index (χ1v) is 8.18. The Balaban J connectivity index is 1.71. The van der Waals surface area contributed by atoms with Gasteiger partial charge < -0.3 is 14.8 Å². The number of nitrogens with one attached hydrogen (secondary N) is 1. The third kappa shape index (κ3) is 3.33. The molecule has 5 heteroatoms. The molecule has 0 heterocycles. The molecule has 1 aromatic rings. The average Bonchev–Trinajstić information content (AvgIpc) is 2.54. The van der Waals surface area contributed by atoms with E-state index in [1.165, 1.54) is 0 Å². The predicted molar refractivity (Wildman–Crippen MR) is 86.7 cm³/mol. The van der Waals surface area contributed by atoms with E-state index in [1.54, 1.807) is 32.4 Å². The van der Waals surface area contributed by atoms with Gasteiger partial charge in [0.15, 0.2) is 0 Å². The Morgan fingerprint density at radius 1 is 1.04 bits per heavy atom. The first kappa shape index (κ1) is 15.8. The molecule has 3 atom stereocenters. The normalized spacial score (nSPS) is 26.5. The molecule has 124 valence electrons. The Labute approximate surface area is 136 Å². The van der Waals surface area contributed by atoms with Gasteiger partial charge in [-0.25, -0.2) is 0 Å². The number of rotatable bonds is 4. The first-order chi connectivity index (χ1) is 11.1. The van der Waals surface area contributed by atoms with E-state index in [2.05, 4.69) is 5.32 Å². The van der Waals surface area contributed by atoms with E-state index in [1.807, 2.05) is 0 Å². The van der Waals surface area contributed by atoms with Gasteiger partial charge in [-0.1, -0.05) is 6.42 Å². The van der Waals surface area contributed by atoms with Crippen LogP contribution in [0, 0.1) is 17.8 Å². The van der Waals surface area contributed by atoms with E-state index in [0.717, 1.165) is 19.3 Å². The molecule has 1 amide bonds. The van der Waals surface area contributed by atoms with Crippen LogP contribution in [0.4, 0.5) is 5.69 Å². The number of ketones is 1. The first-order valence-electron chi connectivity index (χ1n) is 8.18. The third-order valence-corrected chi connectivity index (χ3v) is 5.04. The van der Waals surface area contributed by atoms with Crippen molar-refractivity contribution >= 4 is 17.4 Å². The molecule has 0 saturated heterocycles. The fraction of sp³-hybridized carbons (Fsp3) is 0.556. The molecule has 5 nitrogen and oxygen atoms in total. The topological polar surface area (TPSA) is 64.6 Å². The molecule has 2 bridgehead atoms. The van der Waals surface area contributed by atoms with Gasteiger partial charge in [0.25, 0.3) is 0 Å². The summed E-state index contributed by atoms with van der Waals surface area (Å²) in [5, 5.41) is 2.95. The van der Waals surface area contributed by atoms with Gasteiger partial charge in [0.2, 0.25) is 5.91 Å². The molecule has 3 rings (SSSR count). The molecule has 2 aliphatic carbocycles. The van der Waals surface area contributed by atoms with Crippen molar-refractivity contribution in [1.29, 1.82) is 0 Å². The van der Waals surface area contributed by atoms with Crippen molar-refractivity contribution in [3.8, 4) is 11.5 Å². The number of amides is 1. The van der Waals surface area contributed by atoms with Crippen LogP contribution in [0.15, 0.2) is 18.2 Å². The molecular weight excluding hydrogens is 294 g/mol. The summed E-state index contributed by atoms with van der Waals surface area (Å²) in [6.45, 7) is 0. The summed E-state index contributed by atoms with van der Waals surface area (Å²) in [4.78, 5) is 24.7. The van der Waals surface area contributed by atoms with E-state index in [4.69, 9.17) is 9.47 Å². The smallest absolute Gasteiger partial charge is 0.227 e. The van der Waals surface area contributed by atoms with E-state index >= 15 is 0 Å². The molecule has 0 spiro atoms. The Morgan fingerprint density at radius 2 is 1.61 bits per heavy atom. The van der Waals surface area contributed by atoms with E-state index in [0.29, 0.717) is 35.8 Å². The molecule has 1 unspecified atom stereocenters. The van der Waals surface area contributed by atoms with Gasteiger partial charge >= 0.3 is 0 Å². The number of carbonyl (C=O) groups excluding carboxylic acids is 2. The summed E-state index contributed by atoms with van der Waals surface area (Å²) in [6, 6.07) is 5.31. The zero-order valence-corrected chi connectivity index (χ0v) is 13.6. The molecule has 1 N–H and O–H groups in total. The van der Waals surface area contributed by atoms with Crippen molar-refractivity contribution in [1.82, 2.24) is 0 Å². The molecule has 2 aliphatic rings. The summed E-state index contributed by atoms with van der Waals surface area (Å²) in [5.41, 5.74) is 0.660. The highest BCUT2D eigenvalue weighted by Crippen LogP contribution is 2.40. The van der Waals surface area contributed by atoms with E-state index < -0.39 is 0 Å². The Hall–Kier alpha value is -2.04. The van der Waals surface area contributed by atoms with E-state index in [-0.39, 0.29) is 23.7 Å². The van der Waals surface area contributed by atoms with Crippen molar-refractivity contribution in [3.63, 3.8) is 0 Å². The summed E-state index contributed by atoms with van der Waals surface area (Å²) in [6.07, 6.45) is 4.35. The predicted octanol–water partition coefficient (Wildman–Crippen LogP) is 3.04. The average molecular weight is 317 g/mol. The number of hydrogen-bond donors (Lipinski definition) is 1. The number of methoxy groups -OCH3 is 2. The maximum absolute atomic E-state index is 12.6. The standard InChI is InChI=1S/C18H23NO4/c1-22-15-8-14(9-16(10-15)23-2)19-18(21)13-6-11-4-3-5-12(7-13)17(11)20/h8-13H,3-7H2,1-2H3,(H,19,21)/t11-,12+,13?. The van der Waals surface area contributed by atoms with Crippen molar-refractivity contribution < 1.29 is 19.1 Å². The monoisotopic (exact) mass is 317 g/mol. The maximum Gasteiger partial charge on any atom is 0.227 e. The SMILES string of the molecule is COc1cc(NC(=O)C2C[C@H]3CCC[C@@H](C2)C3=O)cc(OC)c1. The summed E-state index contributed by atoms with van der Waals surface area (Å²) >= 11 is 0. The molecule has 2 fully saturated rings. The number of benzene rings is 1. The number of fused-ring (bicyclic) bond motifs is 2. The highest BCUT2D eigenvalue weighted by Gasteiger charge is 2.41. The fourth-order valence-corrected chi connectivity index (χ4v) is 3.82. The minimum atomic E-state index is -0.0832. The highest BCUT2D eigenvalue weighted by molar-refractivity contribution is 5.95. The lowest BCUT2D eigenvalue weighted by Crippen LogP contribution is -2.40. The van der Waals surface area contributed by atoms with Crippen LogP contribution in [0.3, 0.4) is 0 Å². The van der Waals surface area contributed by atoms with Crippen LogP contribution in [-0.4, -0.2) is 25.9 Å². The van der Waals surface area contributed by atoms with Crippen molar-refractivity contribution in [2.24, 2.45) is 17.8 Å². The van der Waals surface area contributed by atoms with Crippen LogP contribution in [0.25, 0.3) is 0 Å². The van der Waals surface area contributed by atoms with Crippen LogP contribution in [0.5, 0.6) is 11.5 Å². The molecule has 23 heavy (non-hydrogen) atoms. The zero-order chi connectivity index (χ0) is 16.4. The second-order valence-corrected chi connectivity index (χ2v) is 6.49. The Kier molecular flexibility index (Phi) is 4.55. The maximum atomic E-state index is 12.6. The van der Waals surface area contributed by atoms with Gasteiger partial charge in [0, 0.05) is 41.6 Å². The molecule has 1 aromatic carbocycles. The zero-order valence-electron chi connectivity index (χ0n) is 13.6. The van der Waals surface area contributed by atoms with Crippen molar-refractivity contribution in [2.75, 3.05) is 19.5 Å². The van der Waals surface area contributed by atoms with Gasteiger partial charge in [-0.2, -0.15) is 0 Å². The van der Waals surface area contributed by atoms with Crippen LogP contribution < -0.4 is 14.8 Å². The molecule has 0 radical (unpaired) electrons. The van der Waals surface area contributed by atoms with Crippen LogP contribution >= 0.6 is 0 Å². The molecular formula is C18H23NO4. The summed E-state index contributed by atoms with van der Waals surface area (Å²) in [7, 11) is 3.16. The summed E-state index contributed by atoms with van der Waals surface area (Å²) in [5.74, 6) is 1.72. The van der Waals surface area contributed by atoms with Crippen LogP contribution in [0.1, 0.15) is 32.1 Å². The van der Waals surface area contributed by atoms with Crippen LogP contribution in [-0.2, 0) is 9.59 Å². The Bertz CT molecular complexity index is 575. The van der Waals surface area contributed by atoms with Crippen molar-refractivity contribution in [2.45, 2.75) is 32.1 Å². The molecule has 0 aliphatic heterocycles. The number of carbonyl (C=O) groups is 2. The molecule has 2 saturated carbocycles. The lowest BCUT2D eigenvalue weighted by atomic mass is 9.67. The Morgan fingerprint density at radius 3 is 2.13 bits per heavy atom. The molecule has 0 aromatic heterocycles. The van der Waals surface area contributed by atoms with Gasteiger partial charge in [-0.3, -0.25) is 9.59 Å². The van der Waals surface area contributed by atoms with Gasteiger partial charge in [0.05, 0.1) is 14.2 Å². The number of anilines is 1. The second-order valence-electron chi connectivity index (χ2n) is 6.49.